The Kier molecular flexibility index (Phi) is 7.61. The van der Waals surface area contributed by atoms with E-state index in [4.69, 9.17) is 4.74 Å². The predicted octanol–water partition coefficient (Wildman–Crippen LogP) is 3.99. The Hall–Kier alpha value is -2.89. The molecule has 0 aliphatic heterocycles. The summed E-state index contributed by atoms with van der Waals surface area (Å²) in [5, 5.41) is 3.32. The van der Waals surface area contributed by atoms with Crippen molar-refractivity contribution in [3.63, 3.8) is 0 Å². The molecule has 0 atom stereocenters. The van der Waals surface area contributed by atoms with Crippen molar-refractivity contribution < 1.29 is 9.13 Å². The molecule has 5 nitrogen and oxygen atoms in total. The number of nitrogens with one attached hydrogen (secondary N) is 1. The SMILES string of the molecule is C=CCCCN(C)C(=NC)NCc1ccc(Oc2ccc(F)cc2)nc1. The minimum Gasteiger partial charge on any atom is -0.439 e. The van der Waals surface area contributed by atoms with E-state index in [2.05, 4.69) is 26.8 Å². The van der Waals surface area contributed by atoms with Crippen LogP contribution < -0.4 is 10.1 Å². The monoisotopic (exact) mass is 356 g/mol. The number of hydrogen-bond donors (Lipinski definition) is 1. The molecule has 0 fully saturated rings. The molecule has 26 heavy (non-hydrogen) atoms. The van der Waals surface area contributed by atoms with Gasteiger partial charge in [-0.2, -0.15) is 0 Å². The van der Waals surface area contributed by atoms with Gasteiger partial charge in [-0.15, -0.1) is 6.58 Å². The van der Waals surface area contributed by atoms with Gasteiger partial charge in [-0.25, -0.2) is 9.37 Å². The molecule has 0 aliphatic carbocycles. The van der Waals surface area contributed by atoms with Crippen molar-refractivity contribution in [1.29, 1.82) is 0 Å². The fourth-order valence-corrected chi connectivity index (χ4v) is 2.34. The number of aromatic nitrogens is 1. The number of allylic oxidation sites excluding steroid dienone is 1. The molecule has 1 N–H and O–H groups in total. The number of halogens is 1. The lowest BCUT2D eigenvalue weighted by Gasteiger charge is -2.21. The summed E-state index contributed by atoms with van der Waals surface area (Å²) in [4.78, 5) is 10.7. The summed E-state index contributed by atoms with van der Waals surface area (Å²) in [7, 11) is 3.78. The highest BCUT2D eigenvalue weighted by molar-refractivity contribution is 5.79. The Bertz CT molecular complexity index is 714. The lowest BCUT2D eigenvalue weighted by Crippen LogP contribution is -2.38. The second kappa shape index (κ2) is 10.2. The van der Waals surface area contributed by atoms with Crippen molar-refractivity contribution in [1.82, 2.24) is 15.2 Å². The number of benzene rings is 1. The van der Waals surface area contributed by atoms with Crippen molar-refractivity contribution in [2.45, 2.75) is 19.4 Å². The summed E-state index contributed by atoms with van der Waals surface area (Å²) >= 11 is 0. The molecule has 0 bridgehead atoms. The number of hydrogen-bond acceptors (Lipinski definition) is 3. The van der Waals surface area contributed by atoms with E-state index in [1.165, 1.54) is 12.1 Å². The first-order chi connectivity index (χ1) is 12.6. The van der Waals surface area contributed by atoms with Crippen LogP contribution in [-0.4, -0.2) is 36.5 Å². The number of ether oxygens (including phenoxy) is 1. The Labute approximate surface area is 154 Å². The fourth-order valence-electron chi connectivity index (χ4n) is 2.34. The number of nitrogens with zero attached hydrogens (tertiary/aromatic N) is 3. The van der Waals surface area contributed by atoms with Crippen LogP contribution in [0.15, 0.2) is 60.2 Å². The molecular weight excluding hydrogens is 331 g/mol. The number of rotatable bonds is 8. The molecule has 2 aromatic rings. The van der Waals surface area contributed by atoms with Crippen LogP contribution in [0.3, 0.4) is 0 Å². The van der Waals surface area contributed by atoms with Gasteiger partial charge in [0.1, 0.15) is 11.6 Å². The molecule has 0 saturated heterocycles. The average molecular weight is 356 g/mol. The van der Waals surface area contributed by atoms with Crippen molar-refractivity contribution in [2.24, 2.45) is 4.99 Å². The maximum Gasteiger partial charge on any atom is 0.219 e. The van der Waals surface area contributed by atoms with E-state index in [9.17, 15) is 4.39 Å². The summed E-state index contributed by atoms with van der Waals surface area (Å²) < 4.78 is 18.5. The van der Waals surface area contributed by atoms with Gasteiger partial charge in [-0.3, -0.25) is 4.99 Å². The third-order valence-electron chi connectivity index (χ3n) is 3.76. The molecule has 0 radical (unpaired) electrons. The zero-order valence-electron chi connectivity index (χ0n) is 15.3. The van der Waals surface area contributed by atoms with Crippen LogP contribution in [0.1, 0.15) is 18.4 Å². The van der Waals surface area contributed by atoms with Crippen LogP contribution in [-0.2, 0) is 6.54 Å². The Morgan fingerprint density at radius 3 is 2.69 bits per heavy atom. The van der Waals surface area contributed by atoms with Gasteiger partial charge in [0.25, 0.3) is 0 Å². The zero-order valence-corrected chi connectivity index (χ0v) is 15.3. The van der Waals surface area contributed by atoms with E-state index in [0.717, 1.165) is 30.9 Å². The third-order valence-corrected chi connectivity index (χ3v) is 3.76. The van der Waals surface area contributed by atoms with Crippen molar-refractivity contribution >= 4 is 5.96 Å². The van der Waals surface area contributed by atoms with Crippen molar-refractivity contribution in [3.8, 4) is 11.6 Å². The van der Waals surface area contributed by atoms with E-state index in [1.54, 1.807) is 31.4 Å². The molecule has 0 saturated carbocycles. The molecule has 0 aliphatic rings. The minimum atomic E-state index is -0.297. The minimum absolute atomic E-state index is 0.297. The van der Waals surface area contributed by atoms with Crippen LogP contribution in [0.5, 0.6) is 11.6 Å². The quantitative estimate of drug-likeness (QED) is 0.336. The lowest BCUT2D eigenvalue weighted by molar-refractivity contribution is 0.460. The third kappa shape index (κ3) is 6.20. The Morgan fingerprint density at radius 1 is 1.31 bits per heavy atom. The normalized spacial score (nSPS) is 11.1. The Balaban J connectivity index is 1.86. The molecular formula is C20H25FN4O. The molecule has 0 amide bonds. The first kappa shape index (κ1) is 19.4. The summed E-state index contributed by atoms with van der Waals surface area (Å²) in [6, 6.07) is 9.56. The van der Waals surface area contributed by atoms with Gasteiger partial charge in [0.2, 0.25) is 5.88 Å². The van der Waals surface area contributed by atoms with E-state index in [0.29, 0.717) is 18.2 Å². The highest BCUT2D eigenvalue weighted by Crippen LogP contribution is 2.19. The van der Waals surface area contributed by atoms with Gasteiger partial charge in [0, 0.05) is 39.4 Å². The summed E-state index contributed by atoms with van der Waals surface area (Å²) in [5.74, 6) is 1.55. The maximum atomic E-state index is 12.9. The van der Waals surface area contributed by atoms with Crippen LogP contribution in [0.4, 0.5) is 4.39 Å². The smallest absolute Gasteiger partial charge is 0.219 e. The van der Waals surface area contributed by atoms with E-state index in [-0.39, 0.29) is 5.82 Å². The van der Waals surface area contributed by atoms with Gasteiger partial charge in [0.15, 0.2) is 5.96 Å². The van der Waals surface area contributed by atoms with E-state index in [1.807, 2.05) is 19.2 Å². The molecule has 1 aromatic heterocycles. The van der Waals surface area contributed by atoms with Crippen molar-refractivity contribution in [2.75, 3.05) is 20.6 Å². The molecule has 6 heteroatoms. The Morgan fingerprint density at radius 2 is 2.08 bits per heavy atom. The maximum absolute atomic E-state index is 12.9. The van der Waals surface area contributed by atoms with Gasteiger partial charge in [-0.1, -0.05) is 12.1 Å². The lowest BCUT2D eigenvalue weighted by atomic mass is 10.3. The van der Waals surface area contributed by atoms with Crippen LogP contribution in [0, 0.1) is 5.82 Å². The molecule has 0 spiro atoms. The first-order valence-corrected chi connectivity index (χ1v) is 8.53. The van der Waals surface area contributed by atoms with E-state index < -0.39 is 0 Å². The largest absolute Gasteiger partial charge is 0.439 e. The number of guanidine groups is 1. The second-order valence-corrected chi connectivity index (χ2v) is 5.81. The molecule has 1 aromatic carbocycles. The van der Waals surface area contributed by atoms with Gasteiger partial charge < -0.3 is 15.0 Å². The van der Waals surface area contributed by atoms with Gasteiger partial charge in [0.05, 0.1) is 0 Å². The summed E-state index contributed by atoms with van der Waals surface area (Å²) in [6.45, 7) is 5.26. The topological polar surface area (TPSA) is 49.8 Å². The van der Waals surface area contributed by atoms with Crippen LogP contribution in [0.2, 0.25) is 0 Å². The highest BCUT2D eigenvalue weighted by atomic mass is 19.1. The van der Waals surface area contributed by atoms with Crippen molar-refractivity contribution in [3.05, 3.63) is 66.6 Å². The number of unbranched alkanes of at least 4 members (excludes halogenated alkanes) is 1. The number of pyridine rings is 1. The first-order valence-electron chi connectivity index (χ1n) is 8.53. The summed E-state index contributed by atoms with van der Waals surface area (Å²) in [5.41, 5.74) is 1.01. The predicted molar refractivity (Wildman–Crippen MR) is 103 cm³/mol. The van der Waals surface area contributed by atoms with E-state index >= 15 is 0 Å². The standard InChI is InChI=1S/C20H25FN4O/c1-4-5-6-13-25(3)20(22-2)24-15-16-7-12-19(23-14-16)26-18-10-8-17(21)9-11-18/h4,7-12,14H,1,5-6,13,15H2,2-3H3,(H,22,24). The average Bonchev–Trinajstić information content (AvgIpc) is 2.65. The highest BCUT2D eigenvalue weighted by Gasteiger charge is 2.06. The van der Waals surface area contributed by atoms with Crippen LogP contribution in [0.25, 0.3) is 0 Å². The molecule has 1 heterocycles. The summed E-state index contributed by atoms with van der Waals surface area (Å²) in [6.07, 6.45) is 5.70. The van der Waals surface area contributed by atoms with Gasteiger partial charge in [-0.05, 0) is 42.7 Å². The van der Waals surface area contributed by atoms with Crippen LogP contribution >= 0.6 is 0 Å². The molecule has 0 unspecified atom stereocenters. The fraction of sp³-hybridized carbons (Fsp3) is 0.300. The van der Waals surface area contributed by atoms with Gasteiger partial charge >= 0.3 is 0 Å². The second-order valence-electron chi connectivity index (χ2n) is 5.81. The molecule has 2 rings (SSSR count). The zero-order chi connectivity index (χ0) is 18.8. The number of aliphatic imine (C=N–C) groups is 1. The molecule has 138 valence electrons.